The van der Waals surface area contributed by atoms with Gasteiger partial charge in [-0.1, -0.05) is 6.07 Å². The van der Waals surface area contributed by atoms with Gasteiger partial charge in [-0.3, -0.25) is 4.79 Å². The van der Waals surface area contributed by atoms with Crippen molar-refractivity contribution in [2.45, 2.75) is 20.8 Å². The fraction of sp³-hybridized carbons (Fsp3) is 0.158. The van der Waals surface area contributed by atoms with Crippen LogP contribution in [-0.4, -0.2) is 15.7 Å². The second-order valence-corrected chi connectivity index (χ2v) is 7.01. The van der Waals surface area contributed by atoms with Gasteiger partial charge < -0.3 is 5.32 Å². The molecule has 3 aromatic rings. The summed E-state index contributed by atoms with van der Waals surface area (Å²) in [4.78, 5) is 12.7. The number of hydrogen-bond acceptors (Lipinski definition) is 2. The second-order valence-electron chi connectivity index (χ2n) is 5.85. The Labute approximate surface area is 159 Å². The van der Waals surface area contributed by atoms with E-state index in [1.54, 1.807) is 23.7 Å². The topological polar surface area (TPSA) is 46.9 Å². The van der Waals surface area contributed by atoms with E-state index in [0.717, 1.165) is 14.8 Å². The second kappa shape index (κ2) is 6.95. The summed E-state index contributed by atoms with van der Waals surface area (Å²) in [5.41, 5.74) is 4.49. The molecule has 25 heavy (non-hydrogen) atoms. The zero-order valence-electron chi connectivity index (χ0n) is 14.1. The van der Waals surface area contributed by atoms with Crippen molar-refractivity contribution in [3.8, 4) is 5.69 Å². The average Bonchev–Trinajstić information content (AvgIpc) is 2.86. The monoisotopic (exact) mass is 449 g/mol. The van der Waals surface area contributed by atoms with Gasteiger partial charge in [-0.2, -0.15) is 5.10 Å². The molecule has 1 N–H and O–H groups in total. The van der Waals surface area contributed by atoms with Gasteiger partial charge in [0.1, 0.15) is 5.82 Å². The number of anilines is 1. The molecule has 0 radical (unpaired) electrons. The lowest BCUT2D eigenvalue weighted by Gasteiger charge is -2.08. The van der Waals surface area contributed by atoms with Crippen molar-refractivity contribution in [1.29, 1.82) is 0 Å². The maximum absolute atomic E-state index is 13.1. The molecule has 0 aliphatic heterocycles. The van der Waals surface area contributed by atoms with Gasteiger partial charge in [-0.15, -0.1) is 0 Å². The van der Waals surface area contributed by atoms with Crippen LogP contribution >= 0.6 is 22.6 Å². The van der Waals surface area contributed by atoms with Crippen LogP contribution in [0, 0.1) is 30.2 Å². The van der Waals surface area contributed by atoms with Crippen LogP contribution in [0.15, 0.2) is 42.5 Å². The Hall–Kier alpha value is -2.22. The van der Waals surface area contributed by atoms with Crippen molar-refractivity contribution in [2.75, 3.05) is 5.32 Å². The van der Waals surface area contributed by atoms with Gasteiger partial charge in [0.15, 0.2) is 0 Å². The van der Waals surface area contributed by atoms with E-state index in [9.17, 15) is 9.18 Å². The van der Waals surface area contributed by atoms with Gasteiger partial charge in [0.25, 0.3) is 5.91 Å². The number of rotatable bonds is 3. The quantitative estimate of drug-likeness (QED) is 0.585. The first-order chi connectivity index (χ1) is 11.9. The number of nitrogens with one attached hydrogen (secondary N) is 1. The first-order valence-corrected chi connectivity index (χ1v) is 8.84. The molecule has 1 heterocycles. The van der Waals surface area contributed by atoms with E-state index in [1.165, 1.54) is 12.1 Å². The third-order valence-corrected chi connectivity index (χ3v) is 5.18. The van der Waals surface area contributed by atoms with E-state index in [1.807, 2.05) is 32.0 Å². The molecule has 0 saturated heterocycles. The minimum absolute atomic E-state index is 0.206. The molecule has 3 rings (SSSR count). The SMILES string of the molecule is Cc1ccc(NC(=O)c2c(C)nn(-c3ccc(F)cc3)c2C)cc1I. The van der Waals surface area contributed by atoms with Gasteiger partial charge >= 0.3 is 0 Å². The van der Waals surface area contributed by atoms with Crippen LogP contribution in [0.2, 0.25) is 0 Å². The van der Waals surface area contributed by atoms with Gasteiger partial charge in [0.2, 0.25) is 0 Å². The lowest BCUT2D eigenvalue weighted by Crippen LogP contribution is -2.14. The summed E-state index contributed by atoms with van der Waals surface area (Å²) in [6.45, 7) is 5.65. The lowest BCUT2D eigenvalue weighted by molar-refractivity contribution is 0.102. The normalized spacial score (nSPS) is 10.8. The van der Waals surface area contributed by atoms with Gasteiger partial charge in [0.05, 0.1) is 22.6 Å². The van der Waals surface area contributed by atoms with Gasteiger partial charge in [-0.25, -0.2) is 9.07 Å². The molecule has 0 bridgehead atoms. The van der Waals surface area contributed by atoms with Crippen LogP contribution in [0.3, 0.4) is 0 Å². The third-order valence-electron chi connectivity index (χ3n) is 4.02. The molecule has 2 aromatic carbocycles. The Morgan fingerprint density at radius 1 is 1.12 bits per heavy atom. The predicted octanol–water partition coefficient (Wildman–Crippen LogP) is 4.79. The molecule has 0 atom stereocenters. The van der Waals surface area contributed by atoms with Crippen molar-refractivity contribution in [1.82, 2.24) is 9.78 Å². The summed E-state index contributed by atoms with van der Waals surface area (Å²) in [5, 5.41) is 7.36. The zero-order chi connectivity index (χ0) is 18.1. The molecule has 4 nitrogen and oxygen atoms in total. The zero-order valence-corrected chi connectivity index (χ0v) is 16.3. The maximum Gasteiger partial charge on any atom is 0.259 e. The van der Waals surface area contributed by atoms with Crippen molar-refractivity contribution in [3.63, 3.8) is 0 Å². The van der Waals surface area contributed by atoms with Crippen molar-refractivity contribution >= 4 is 34.2 Å². The first kappa shape index (κ1) is 17.6. The molecule has 0 aliphatic rings. The van der Waals surface area contributed by atoms with Crippen LogP contribution in [0.25, 0.3) is 5.69 Å². The average molecular weight is 449 g/mol. The summed E-state index contributed by atoms with van der Waals surface area (Å²) in [6.07, 6.45) is 0. The highest BCUT2D eigenvalue weighted by atomic mass is 127. The summed E-state index contributed by atoms with van der Waals surface area (Å²) < 4.78 is 15.9. The molecule has 1 amide bonds. The molecule has 1 aromatic heterocycles. The molecule has 128 valence electrons. The lowest BCUT2D eigenvalue weighted by atomic mass is 10.1. The first-order valence-electron chi connectivity index (χ1n) is 7.76. The minimum Gasteiger partial charge on any atom is -0.322 e. The van der Waals surface area contributed by atoms with E-state index < -0.39 is 0 Å². The molecule has 6 heteroatoms. The molecule has 0 fully saturated rings. The molecule has 0 unspecified atom stereocenters. The predicted molar refractivity (Wildman–Crippen MR) is 105 cm³/mol. The highest BCUT2D eigenvalue weighted by Crippen LogP contribution is 2.21. The van der Waals surface area contributed by atoms with Gasteiger partial charge in [0, 0.05) is 9.26 Å². The van der Waals surface area contributed by atoms with Crippen molar-refractivity contribution in [2.24, 2.45) is 0 Å². The molecular weight excluding hydrogens is 432 g/mol. The summed E-state index contributed by atoms with van der Waals surface area (Å²) in [7, 11) is 0. The Bertz CT molecular complexity index is 948. The highest BCUT2D eigenvalue weighted by molar-refractivity contribution is 14.1. The number of hydrogen-bond donors (Lipinski definition) is 1. The van der Waals surface area contributed by atoms with E-state index in [4.69, 9.17) is 0 Å². The Morgan fingerprint density at radius 3 is 2.44 bits per heavy atom. The fourth-order valence-corrected chi connectivity index (χ4v) is 3.18. The number of amides is 1. The number of aromatic nitrogens is 2. The number of carbonyl (C=O) groups excluding carboxylic acids is 1. The smallest absolute Gasteiger partial charge is 0.259 e. The van der Waals surface area contributed by atoms with E-state index in [2.05, 4.69) is 33.0 Å². The summed E-state index contributed by atoms with van der Waals surface area (Å²) in [5.74, 6) is -0.514. The third kappa shape index (κ3) is 3.58. The highest BCUT2D eigenvalue weighted by Gasteiger charge is 2.19. The molecular formula is C19H17FIN3O. The van der Waals surface area contributed by atoms with E-state index in [0.29, 0.717) is 22.6 Å². The maximum atomic E-state index is 13.1. The van der Waals surface area contributed by atoms with Crippen molar-refractivity contribution < 1.29 is 9.18 Å². The van der Waals surface area contributed by atoms with Crippen LogP contribution in [0.1, 0.15) is 27.3 Å². The summed E-state index contributed by atoms with van der Waals surface area (Å²) in [6, 6.07) is 11.8. The number of aryl methyl sites for hydroxylation is 2. The van der Waals surface area contributed by atoms with Crippen LogP contribution < -0.4 is 5.32 Å². The fourth-order valence-electron chi connectivity index (χ4n) is 2.67. The standard InChI is InChI=1S/C19H17FIN3O/c1-11-4-7-15(10-17(11)21)22-19(25)18-12(2)23-24(13(18)3)16-8-5-14(20)6-9-16/h4-10H,1-3H3,(H,22,25). The largest absolute Gasteiger partial charge is 0.322 e. The molecule has 0 saturated carbocycles. The van der Waals surface area contributed by atoms with Gasteiger partial charge in [-0.05, 0) is 85.3 Å². The van der Waals surface area contributed by atoms with Crippen LogP contribution in [-0.2, 0) is 0 Å². The van der Waals surface area contributed by atoms with Crippen molar-refractivity contribution in [3.05, 3.63) is 74.4 Å². The molecule has 0 aliphatic carbocycles. The van der Waals surface area contributed by atoms with E-state index >= 15 is 0 Å². The molecule has 0 spiro atoms. The number of benzene rings is 2. The number of halogens is 2. The Kier molecular flexibility index (Phi) is 4.89. The Balaban J connectivity index is 1.93. The Morgan fingerprint density at radius 2 is 1.80 bits per heavy atom. The van der Waals surface area contributed by atoms with E-state index in [-0.39, 0.29) is 11.7 Å². The minimum atomic E-state index is -0.308. The van der Waals surface area contributed by atoms with Crippen LogP contribution in [0.4, 0.5) is 10.1 Å². The number of nitrogens with zero attached hydrogens (tertiary/aromatic N) is 2. The number of carbonyl (C=O) groups is 1. The van der Waals surface area contributed by atoms with Crippen LogP contribution in [0.5, 0.6) is 0 Å². The summed E-state index contributed by atoms with van der Waals surface area (Å²) >= 11 is 2.24.